The van der Waals surface area contributed by atoms with E-state index < -0.39 is 0 Å². The first kappa shape index (κ1) is 13.0. The molecule has 4 heteroatoms. The maximum Gasteiger partial charge on any atom is 0.109 e. The molecule has 3 nitrogen and oxygen atoms in total. The Kier molecular flexibility index (Phi) is 4.54. The van der Waals surface area contributed by atoms with Crippen LogP contribution in [0.15, 0.2) is 6.20 Å². The standard InChI is InChI=1S/C13H23N3S/c1-3-12-8-15-13(17-12)9(2)16-11-6-4-10(14)5-7-11/h8-11,16H,3-7,14H2,1-2H3. The fraction of sp³-hybridized carbons (Fsp3) is 0.769. The summed E-state index contributed by atoms with van der Waals surface area (Å²) in [7, 11) is 0. The van der Waals surface area contributed by atoms with Gasteiger partial charge in [0.15, 0.2) is 0 Å². The van der Waals surface area contributed by atoms with Gasteiger partial charge in [0.2, 0.25) is 0 Å². The molecule has 2 rings (SSSR count). The van der Waals surface area contributed by atoms with Gasteiger partial charge in [0.1, 0.15) is 5.01 Å². The van der Waals surface area contributed by atoms with Crippen molar-refractivity contribution in [3.8, 4) is 0 Å². The van der Waals surface area contributed by atoms with Crippen molar-refractivity contribution in [2.45, 2.75) is 64.1 Å². The van der Waals surface area contributed by atoms with Gasteiger partial charge in [-0.3, -0.25) is 0 Å². The predicted molar refractivity (Wildman–Crippen MR) is 73.3 cm³/mol. The number of aryl methyl sites for hydroxylation is 1. The van der Waals surface area contributed by atoms with E-state index in [4.69, 9.17) is 5.73 Å². The quantitative estimate of drug-likeness (QED) is 0.867. The van der Waals surface area contributed by atoms with E-state index in [0.717, 1.165) is 19.3 Å². The van der Waals surface area contributed by atoms with Crippen LogP contribution < -0.4 is 11.1 Å². The van der Waals surface area contributed by atoms with Crippen molar-refractivity contribution in [2.24, 2.45) is 5.73 Å². The average molecular weight is 253 g/mol. The molecule has 1 atom stereocenters. The van der Waals surface area contributed by atoms with E-state index in [0.29, 0.717) is 18.1 Å². The van der Waals surface area contributed by atoms with Crippen LogP contribution in [-0.4, -0.2) is 17.1 Å². The lowest BCUT2D eigenvalue weighted by Gasteiger charge is -2.28. The lowest BCUT2D eigenvalue weighted by molar-refractivity contribution is 0.322. The Labute approximate surface area is 108 Å². The van der Waals surface area contributed by atoms with Gasteiger partial charge in [-0.15, -0.1) is 11.3 Å². The summed E-state index contributed by atoms with van der Waals surface area (Å²) in [5, 5.41) is 4.90. The molecule has 3 N–H and O–H groups in total. The van der Waals surface area contributed by atoms with E-state index in [1.807, 2.05) is 17.5 Å². The minimum absolute atomic E-state index is 0.375. The van der Waals surface area contributed by atoms with E-state index in [9.17, 15) is 0 Å². The maximum absolute atomic E-state index is 5.92. The highest BCUT2D eigenvalue weighted by molar-refractivity contribution is 7.11. The van der Waals surface area contributed by atoms with Crippen LogP contribution in [0.3, 0.4) is 0 Å². The van der Waals surface area contributed by atoms with E-state index in [1.165, 1.54) is 22.7 Å². The van der Waals surface area contributed by atoms with Crippen LogP contribution in [0.25, 0.3) is 0 Å². The maximum atomic E-state index is 5.92. The second-order valence-corrected chi connectivity index (χ2v) is 6.17. The summed E-state index contributed by atoms with van der Waals surface area (Å²) in [6, 6.07) is 1.42. The van der Waals surface area contributed by atoms with Crippen molar-refractivity contribution in [3.05, 3.63) is 16.1 Å². The molecule has 1 saturated carbocycles. The smallest absolute Gasteiger partial charge is 0.109 e. The number of rotatable bonds is 4. The molecule has 0 amide bonds. The largest absolute Gasteiger partial charge is 0.328 e. The topological polar surface area (TPSA) is 50.9 Å². The number of nitrogens with one attached hydrogen (secondary N) is 1. The summed E-state index contributed by atoms with van der Waals surface area (Å²) in [6.45, 7) is 4.39. The second kappa shape index (κ2) is 5.94. The fourth-order valence-corrected chi connectivity index (χ4v) is 3.27. The molecule has 0 aliphatic heterocycles. The van der Waals surface area contributed by atoms with Gasteiger partial charge in [-0.2, -0.15) is 0 Å². The first-order chi connectivity index (χ1) is 8.19. The van der Waals surface area contributed by atoms with Crippen molar-refractivity contribution in [2.75, 3.05) is 0 Å². The van der Waals surface area contributed by atoms with E-state index in [2.05, 4.69) is 24.1 Å². The van der Waals surface area contributed by atoms with Crippen LogP contribution in [-0.2, 0) is 6.42 Å². The molecule has 0 spiro atoms. The normalized spacial score (nSPS) is 27.0. The Bertz CT molecular complexity index is 342. The molecule has 96 valence electrons. The summed E-state index contributed by atoms with van der Waals surface area (Å²) < 4.78 is 0. The molecule has 1 heterocycles. The zero-order chi connectivity index (χ0) is 12.3. The molecule has 1 aromatic heterocycles. The second-order valence-electron chi connectivity index (χ2n) is 5.02. The first-order valence-corrected chi connectivity index (χ1v) is 7.47. The zero-order valence-electron chi connectivity index (χ0n) is 10.8. The minimum atomic E-state index is 0.375. The SMILES string of the molecule is CCc1cnc(C(C)NC2CCC(N)CC2)s1. The third-order valence-electron chi connectivity index (χ3n) is 3.55. The van der Waals surface area contributed by atoms with Gasteiger partial charge in [-0.05, 0) is 39.0 Å². The van der Waals surface area contributed by atoms with E-state index >= 15 is 0 Å². The molecule has 0 saturated heterocycles. The molecule has 0 aromatic carbocycles. The van der Waals surface area contributed by atoms with Gasteiger partial charge in [0.25, 0.3) is 0 Å². The number of thiazole rings is 1. The van der Waals surface area contributed by atoms with E-state index in [1.54, 1.807) is 0 Å². The monoisotopic (exact) mass is 253 g/mol. The number of nitrogens with zero attached hydrogens (tertiary/aromatic N) is 1. The Morgan fingerprint density at radius 3 is 2.76 bits per heavy atom. The third kappa shape index (κ3) is 3.50. The third-order valence-corrected chi connectivity index (χ3v) is 4.87. The number of hydrogen-bond donors (Lipinski definition) is 2. The van der Waals surface area contributed by atoms with Crippen molar-refractivity contribution < 1.29 is 0 Å². The lowest BCUT2D eigenvalue weighted by atomic mass is 9.91. The van der Waals surface area contributed by atoms with Crippen LogP contribution in [0.4, 0.5) is 0 Å². The zero-order valence-corrected chi connectivity index (χ0v) is 11.6. The van der Waals surface area contributed by atoms with Crippen molar-refractivity contribution in [1.82, 2.24) is 10.3 Å². The average Bonchev–Trinajstić information content (AvgIpc) is 2.81. The molecule has 1 aliphatic rings. The summed E-state index contributed by atoms with van der Waals surface area (Å²) in [5.41, 5.74) is 5.92. The minimum Gasteiger partial charge on any atom is -0.328 e. The van der Waals surface area contributed by atoms with Crippen LogP contribution in [0, 0.1) is 0 Å². The van der Waals surface area contributed by atoms with Gasteiger partial charge >= 0.3 is 0 Å². The summed E-state index contributed by atoms with van der Waals surface area (Å²) >= 11 is 1.83. The Morgan fingerprint density at radius 2 is 2.18 bits per heavy atom. The Balaban J connectivity index is 1.86. The molecule has 1 aliphatic carbocycles. The van der Waals surface area contributed by atoms with Gasteiger partial charge in [-0.1, -0.05) is 6.92 Å². The number of hydrogen-bond acceptors (Lipinski definition) is 4. The number of nitrogens with two attached hydrogens (primary N) is 1. The Morgan fingerprint density at radius 1 is 1.47 bits per heavy atom. The van der Waals surface area contributed by atoms with Gasteiger partial charge in [0.05, 0.1) is 6.04 Å². The van der Waals surface area contributed by atoms with Crippen LogP contribution in [0.5, 0.6) is 0 Å². The Hall–Kier alpha value is -0.450. The first-order valence-electron chi connectivity index (χ1n) is 6.65. The van der Waals surface area contributed by atoms with Crippen molar-refractivity contribution >= 4 is 11.3 Å². The highest BCUT2D eigenvalue weighted by atomic mass is 32.1. The lowest BCUT2D eigenvalue weighted by Crippen LogP contribution is -2.38. The molecule has 17 heavy (non-hydrogen) atoms. The van der Waals surface area contributed by atoms with Gasteiger partial charge in [-0.25, -0.2) is 4.98 Å². The summed E-state index contributed by atoms with van der Waals surface area (Å²) in [4.78, 5) is 5.87. The number of aromatic nitrogens is 1. The molecule has 0 bridgehead atoms. The van der Waals surface area contributed by atoms with Gasteiger partial charge < -0.3 is 11.1 Å². The van der Waals surface area contributed by atoms with E-state index in [-0.39, 0.29) is 0 Å². The van der Waals surface area contributed by atoms with Gasteiger partial charge in [0, 0.05) is 23.2 Å². The van der Waals surface area contributed by atoms with Crippen molar-refractivity contribution in [3.63, 3.8) is 0 Å². The predicted octanol–water partition coefficient (Wildman–Crippen LogP) is 2.63. The van der Waals surface area contributed by atoms with Crippen LogP contribution in [0.1, 0.15) is 55.5 Å². The molecular weight excluding hydrogens is 230 g/mol. The summed E-state index contributed by atoms with van der Waals surface area (Å²) in [6.07, 6.45) is 7.82. The fourth-order valence-electron chi connectivity index (χ4n) is 2.40. The highest BCUT2D eigenvalue weighted by Crippen LogP contribution is 2.24. The summed E-state index contributed by atoms with van der Waals surface area (Å²) in [5.74, 6) is 0. The molecule has 0 radical (unpaired) electrons. The van der Waals surface area contributed by atoms with Crippen LogP contribution >= 0.6 is 11.3 Å². The van der Waals surface area contributed by atoms with Crippen molar-refractivity contribution in [1.29, 1.82) is 0 Å². The molecule has 1 aromatic rings. The highest BCUT2D eigenvalue weighted by Gasteiger charge is 2.21. The molecule has 1 fully saturated rings. The van der Waals surface area contributed by atoms with Crippen LogP contribution in [0.2, 0.25) is 0 Å². The molecular formula is C13H23N3S. The molecule has 1 unspecified atom stereocenters.